The summed E-state index contributed by atoms with van der Waals surface area (Å²) in [4.78, 5) is 38.1. The number of nitrogens with zero attached hydrogens (tertiary/aromatic N) is 2. The monoisotopic (exact) mass is 288 g/mol. The van der Waals surface area contributed by atoms with Crippen LogP contribution in [-0.4, -0.2) is 74.1 Å². The lowest BCUT2D eigenvalue weighted by Gasteiger charge is -2.30. The number of hydrogen-bond acceptors (Lipinski definition) is 6. The van der Waals surface area contributed by atoms with Crippen LogP contribution in [0.5, 0.6) is 0 Å². The molecular weight excluding hydrogens is 264 g/mol. The molecule has 0 N–H and O–H groups in total. The van der Waals surface area contributed by atoms with Gasteiger partial charge >= 0.3 is 11.9 Å². The molecule has 0 fully saturated rings. The summed E-state index contributed by atoms with van der Waals surface area (Å²) >= 11 is 0. The van der Waals surface area contributed by atoms with E-state index in [0.29, 0.717) is 13.1 Å². The van der Waals surface area contributed by atoms with E-state index in [-0.39, 0.29) is 19.0 Å². The predicted octanol–water partition coefficient (Wildman–Crippen LogP) is -0.109. The van der Waals surface area contributed by atoms with Crippen LogP contribution in [0.4, 0.5) is 0 Å². The quantitative estimate of drug-likeness (QED) is 0.580. The fourth-order valence-corrected chi connectivity index (χ4v) is 1.75. The highest BCUT2D eigenvalue weighted by atomic mass is 16.5. The summed E-state index contributed by atoms with van der Waals surface area (Å²) in [6, 6.07) is -0.604. The number of carbonyl (C=O) groups is 3. The smallest absolute Gasteiger partial charge is 0.319 e. The van der Waals surface area contributed by atoms with Crippen molar-refractivity contribution in [1.29, 1.82) is 0 Å². The fraction of sp³-hybridized carbons (Fsp3) is 0.769. The molecule has 0 aromatic heterocycles. The second-order valence-electron chi connectivity index (χ2n) is 4.24. The van der Waals surface area contributed by atoms with E-state index in [2.05, 4.69) is 9.47 Å². The minimum absolute atomic E-state index is 0.136. The summed E-state index contributed by atoms with van der Waals surface area (Å²) in [5.74, 6) is -1.15. The highest BCUT2D eigenvalue weighted by Gasteiger charge is 2.28. The molecule has 0 spiro atoms. The van der Waals surface area contributed by atoms with Gasteiger partial charge < -0.3 is 14.4 Å². The number of likely N-dealkylation sites (N-methyl/N-ethyl adjacent to an activating group) is 1. The first-order chi connectivity index (χ1) is 9.40. The highest BCUT2D eigenvalue weighted by molar-refractivity contribution is 5.83. The summed E-state index contributed by atoms with van der Waals surface area (Å²) in [6.45, 7) is 6.28. The molecule has 0 aromatic carbocycles. The van der Waals surface area contributed by atoms with Crippen molar-refractivity contribution in [3.8, 4) is 0 Å². The number of ether oxygens (including phenoxy) is 2. The molecule has 7 heteroatoms. The maximum Gasteiger partial charge on any atom is 0.319 e. The third-order valence-electron chi connectivity index (χ3n) is 3.10. The van der Waals surface area contributed by atoms with Crippen molar-refractivity contribution in [2.24, 2.45) is 0 Å². The van der Waals surface area contributed by atoms with E-state index >= 15 is 0 Å². The third kappa shape index (κ3) is 5.56. The van der Waals surface area contributed by atoms with Gasteiger partial charge in [-0.25, -0.2) is 0 Å². The van der Waals surface area contributed by atoms with Crippen molar-refractivity contribution in [3.63, 3.8) is 0 Å². The standard InChI is InChI=1S/C13H24N2O5/c1-6-14(7-2)13(18)10(3)15(8-11(16)19-4)9-12(17)20-5/h10H,6-9H2,1-5H3. The topological polar surface area (TPSA) is 76.2 Å². The molecule has 0 saturated heterocycles. The van der Waals surface area contributed by atoms with Crippen molar-refractivity contribution in [3.05, 3.63) is 0 Å². The van der Waals surface area contributed by atoms with Crippen LogP contribution in [0.3, 0.4) is 0 Å². The van der Waals surface area contributed by atoms with E-state index in [4.69, 9.17) is 0 Å². The lowest BCUT2D eigenvalue weighted by molar-refractivity contribution is -0.149. The molecule has 1 unspecified atom stereocenters. The van der Waals surface area contributed by atoms with Crippen LogP contribution in [0.15, 0.2) is 0 Å². The summed E-state index contributed by atoms with van der Waals surface area (Å²) in [7, 11) is 2.52. The van der Waals surface area contributed by atoms with Crippen LogP contribution >= 0.6 is 0 Å². The highest BCUT2D eigenvalue weighted by Crippen LogP contribution is 2.05. The van der Waals surface area contributed by atoms with Crippen molar-refractivity contribution >= 4 is 17.8 Å². The normalized spacial score (nSPS) is 11.9. The van der Waals surface area contributed by atoms with Crippen LogP contribution in [0, 0.1) is 0 Å². The van der Waals surface area contributed by atoms with E-state index in [9.17, 15) is 14.4 Å². The predicted molar refractivity (Wildman–Crippen MR) is 73.0 cm³/mol. The van der Waals surface area contributed by atoms with Crippen LogP contribution in [-0.2, 0) is 23.9 Å². The Morgan fingerprint density at radius 2 is 1.35 bits per heavy atom. The Labute approximate surface area is 119 Å². The van der Waals surface area contributed by atoms with Gasteiger partial charge in [0, 0.05) is 13.1 Å². The average Bonchev–Trinajstić information content (AvgIpc) is 2.46. The van der Waals surface area contributed by atoms with Gasteiger partial charge in [-0.2, -0.15) is 0 Å². The van der Waals surface area contributed by atoms with Crippen LogP contribution in [0.25, 0.3) is 0 Å². The van der Waals surface area contributed by atoms with Crippen molar-refractivity contribution < 1.29 is 23.9 Å². The van der Waals surface area contributed by atoms with Gasteiger partial charge in [0.05, 0.1) is 33.4 Å². The van der Waals surface area contributed by atoms with Gasteiger partial charge in [-0.1, -0.05) is 0 Å². The molecule has 20 heavy (non-hydrogen) atoms. The largest absolute Gasteiger partial charge is 0.468 e. The molecule has 0 bridgehead atoms. The second-order valence-corrected chi connectivity index (χ2v) is 4.24. The SMILES string of the molecule is CCN(CC)C(=O)C(C)N(CC(=O)OC)CC(=O)OC. The van der Waals surface area contributed by atoms with Gasteiger partial charge in [0.15, 0.2) is 0 Å². The second kappa shape index (κ2) is 9.30. The number of amides is 1. The van der Waals surface area contributed by atoms with Crippen molar-refractivity contribution in [1.82, 2.24) is 9.80 Å². The van der Waals surface area contributed by atoms with Gasteiger partial charge in [0.2, 0.25) is 5.91 Å². The maximum absolute atomic E-state index is 12.3. The number of methoxy groups -OCH3 is 2. The van der Waals surface area contributed by atoms with Gasteiger partial charge in [-0.3, -0.25) is 19.3 Å². The Balaban J connectivity index is 4.94. The van der Waals surface area contributed by atoms with Gasteiger partial charge in [-0.05, 0) is 20.8 Å². The molecule has 0 aliphatic heterocycles. The van der Waals surface area contributed by atoms with E-state index in [0.717, 1.165) is 0 Å². The van der Waals surface area contributed by atoms with Crippen LogP contribution in [0.2, 0.25) is 0 Å². The van der Waals surface area contributed by atoms with Gasteiger partial charge in [0.25, 0.3) is 0 Å². The molecule has 7 nitrogen and oxygen atoms in total. The number of hydrogen-bond donors (Lipinski definition) is 0. The van der Waals surface area contributed by atoms with E-state index in [1.54, 1.807) is 11.8 Å². The lowest BCUT2D eigenvalue weighted by Crippen LogP contribution is -2.50. The van der Waals surface area contributed by atoms with Crippen molar-refractivity contribution in [2.45, 2.75) is 26.8 Å². The molecule has 0 heterocycles. The number of carbonyl (C=O) groups excluding carboxylic acids is 3. The Kier molecular flexibility index (Phi) is 8.54. The first-order valence-corrected chi connectivity index (χ1v) is 6.57. The fourth-order valence-electron chi connectivity index (χ4n) is 1.75. The van der Waals surface area contributed by atoms with Gasteiger partial charge in [0.1, 0.15) is 0 Å². The molecule has 0 aliphatic rings. The van der Waals surface area contributed by atoms with Gasteiger partial charge in [-0.15, -0.1) is 0 Å². The van der Waals surface area contributed by atoms with Crippen LogP contribution < -0.4 is 0 Å². The van der Waals surface area contributed by atoms with E-state index in [1.807, 2.05) is 13.8 Å². The lowest BCUT2D eigenvalue weighted by atomic mass is 10.2. The molecule has 0 saturated carbocycles. The molecule has 0 aromatic rings. The van der Waals surface area contributed by atoms with Crippen LogP contribution in [0.1, 0.15) is 20.8 Å². The van der Waals surface area contributed by atoms with E-state index in [1.165, 1.54) is 19.1 Å². The van der Waals surface area contributed by atoms with Crippen molar-refractivity contribution in [2.75, 3.05) is 40.4 Å². The molecule has 1 atom stereocenters. The first kappa shape index (κ1) is 18.4. The Morgan fingerprint density at radius 1 is 0.950 bits per heavy atom. The molecular formula is C13H24N2O5. The minimum Gasteiger partial charge on any atom is -0.468 e. The molecule has 0 radical (unpaired) electrons. The zero-order valence-electron chi connectivity index (χ0n) is 12.8. The average molecular weight is 288 g/mol. The molecule has 0 aliphatic carbocycles. The zero-order valence-corrected chi connectivity index (χ0v) is 12.8. The summed E-state index contributed by atoms with van der Waals surface area (Å²) in [5.41, 5.74) is 0. The third-order valence-corrected chi connectivity index (χ3v) is 3.10. The Bertz CT molecular complexity index is 324. The maximum atomic E-state index is 12.3. The summed E-state index contributed by atoms with van der Waals surface area (Å²) < 4.78 is 9.16. The first-order valence-electron chi connectivity index (χ1n) is 6.57. The summed E-state index contributed by atoms with van der Waals surface area (Å²) in [6.07, 6.45) is 0. The Morgan fingerprint density at radius 3 is 1.65 bits per heavy atom. The number of rotatable bonds is 8. The molecule has 0 rings (SSSR count). The number of esters is 2. The summed E-state index contributed by atoms with van der Waals surface area (Å²) in [5, 5.41) is 0. The van der Waals surface area contributed by atoms with E-state index < -0.39 is 18.0 Å². The minimum atomic E-state index is -0.604. The zero-order chi connectivity index (χ0) is 15.7. The Hall–Kier alpha value is -1.63. The molecule has 1 amide bonds. The molecule has 116 valence electrons.